The summed E-state index contributed by atoms with van der Waals surface area (Å²) in [5.74, 6) is 0.663. The van der Waals surface area contributed by atoms with Gasteiger partial charge < -0.3 is 10.1 Å². The first-order valence-corrected chi connectivity index (χ1v) is 6.36. The lowest BCUT2D eigenvalue weighted by atomic mass is 9.82. The van der Waals surface area contributed by atoms with E-state index in [1.165, 1.54) is 12.8 Å². The summed E-state index contributed by atoms with van der Waals surface area (Å²) in [6.45, 7) is 11.9. The monoisotopic (exact) mass is 215 g/mol. The lowest BCUT2D eigenvalue weighted by Gasteiger charge is -2.40. The average molecular weight is 215 g/mol. The Hall–Kier alpha value is -0.0800. The third kappa shape index (κ3) is 4.12. The maximum absolute atomic E-state index is 5.94. The van der Waals surface area contributed by atoms with Crippen molar-refractivity contribution in [3.8, 4) is 0 Å². The molecule has 0 amide bonds. The zero-order valence-electron chi connectivity index (χ0n) is 11.4. The van der Waals surface area contributed by atoms with E-state index < -0.39 is 0 Å². The molecule has 0 aromatic rings. The second kappa shape index (κ2) is 7.24. The Morgan fingerprint density at radius 2 is 1.87 bits per heavy atom. The van der Waals surface area contributed by atoms with Crippen LogP contribution in [0.3, 0.4) is 0 Å². The van der Waals surface area contributed by atoms with E-state index in [0.717, 1.165) is 13.0 Å². The lowest BCUT2D eigenvalue weighted by molar-refractivity contribution is -0.0665. The van der Waals surface area contributed by atoms with Crippen LogP contribution in [0.1, 0.15) is 53.9 Å². The van der Waals surface area contributed by atoms with Crippen molar-refractivity contribution in [1.82, 2.24) is 5.32 Å². The molecule has 0 aromatic carbocycles. The van der Waals surface area contributed by atoms with Gasteiger partial charge in [0.05, 0.1) is 5.60 Å². The highest BCUT2D eigenvalue weighted by atomic mass is 16.5. The quantitative estimate of drug-likeness (QED) is 0.671. The molecule has 0 saturated heterocycles. The standard InChI is InChI=1S/C13H29NO/c1-7-10-11(4)12(14-6)13(5,8-2)15-9-3/h11-12,14H,7-10H2,1-6H3. The molecule has 0 rings (SSSR count). The highest BCUT2D eigenvalue weighted by Crippen LogP contribution is 2.27. The van der Waals surface area contributed by atoms with Crippen molar-refractivity contribution in [3.05, 3.63) is 0 Å². The van der Waals surface area contributed by atoms with Crippen LogP contribution in [0.25, 0.3) is 0 Å². The van der Waals surface area contributed by atoms with Gasteiger partial charge in [0.2, 0.25) is 0 Å². The molecular formula is C13H29NO. The van der Waals surface area contributed by atoms with E-state index in [0.29, 0.717) is 12.0 Å². The van der Waals surface area contributed by atoms with Crippen LogP contribution in [-0.4, -0.2) is 25.3 Å². The molecule has 0 fully saturated rings. The van der Waals surface area contributed by atoms with Crippen molar-refractivity contribution in [3.63, 3.8) is 0 Å². The van der Waals surface area contributed by atoms with Crippen LogP contribution in [-0.2, 0) is 4.74 Å². The number of ether oxygens (including phenoxy) is 1. The van der Waals surface area contributed by atoms with Crippen molar-refractivity contribution in [2.75, 3.05) is 13.7 Å². The lowest BCUT2D eigenvalue weighted by Crippen LogP contribution is -2.52. The summed E-state index contributed by atoms with van der Waals surface area (Å²) in [4.78, 5) is 0. The normalized spacial score (nSPS) is 19.6. The van der Waals surface area contributed by atoms with Gasteiger partial charge in [-0.05, 0) is 39.7 Å². The molecule has 1 N–H and O–H groups in total. The Labute approximate surface area is 95.8 Å². The van der Waals surface area contributed by atoms with Gasteiger partial charge >= 0.3 is 0 Å². The zero-order valence-corrected chi connectivity index (χ0v) is 11.4. The van der Waals surface area contributed by atoms with E-state index in [2.05, 4.69) is 39.9 Å². The number of rotatable bonds is 8. The summed E-state index contributed by atoms with van der Waals surface area (Å²) < 4.78 is 5.94. The van der Waals surface area contributed by atoms with Crippen molar-refractivity contribution in [2.45, 2.75) is 65.5 Å². The Bertz CT molecular complexity index is 161. The minimum Gasteiger partial charge on any atom is -0.374 e. The molecule has 15 heavy (non-hydrogen) atoms. The SMILES string of the molecule is CCCC(C)C(NC)C(C)(CC)OCC. The Kier molecular flexibility index (Phi) is 7.20. The van der Waals surface area contributed by atoms with E-state index >= 15 is 0 Å². The molecule has 0 aliphatic carbocycles. The molecule has 0 aliphatic rings. The van der Waals surface area contributed by atoms with Crippen LogP contribution >= 0.6 is 0 Å². The molecule has 0 aliphatic heterocycles. The third-order valence-electron chi connectivity index (χ3n) is 3.46. The second-order valence-electron chi connectivity index (χ2n) is 4.63. The van der Waals surface area contributed by atoms with E-state index in [4.69, 9.17) is 4.74 Å². The van der Waals surface area contributed by atoms with E-state index in [1.54, 1.807) is 0 Å². The van der Waals surface area contributed by atoms with Crippen molar-refractivity contribution in [2.24, 2.45) is 5.92 Å². The summed E-state index contributed by atoms with van der Waals surface area (Å²) in [6, 6.07) is 0.447. The molecule has 2 heteroatoms. The fourth-order valence-electron chi connectivity index (χ4n) is 2.56. The summed E-state index contributed by atoms with van der Waals surface area (Å²) in [7, 11) is 2.05. The Morgan fingerprint density at radius 3 is 2.20 bits per heavy atom. The molecule has 0 spiro atoms. The van der Waals surface area contributed by atoms with Gasteiger partial charge in [0, 0.05) is 12.6 Å². The third-order valence-corrected chi connectivity index (χ3v) is 3.46. The number of nitrogens with one attached hydrogen (secondary N) is 1. The molecule has 2 nitrogen and oxygen atoms in total. The molecule has 3 atom stereocenters. The molecular weight excluding hydrogens is 186 g/mol. The van der Waals surface area contributed by atoms with Crippen molar-refractivity contribution in [1.29, 1.82) is 0 Å². The molecule has 0 aromatic heterocycles. The first-order valence-electron chi connectivity index (χ1n) is 6.36. The summed E-state index contributed by atoms with van der Waals surface area (Å²) in [6.07, 6.45) is 3.56. The summed E-state index contributed by atoms with van der Waals surface area (Å²) in [5.41, 5.74) is -0.0297. The smallest absolute Gasteiger partial charge is 0.0806 e. The van der Waals surface area contributed by atoms with Crippen molar-refractivity contribution >= 4 is 0 Å². The Balaban J connectivity index is 4.58. The molecule has 92 valence electrons. The fourth-order valence-corrected chi connectivity index (χ4v) is 2.56. The molecule has 0 heterocycles. The van der Waals surface area contributed by atoms with Gasteiger partial charge in [-0.3, -0.25) is 0 Å². The first kappa shape index (κ1) is 14.9. The predicted octanol–water partition coefficient (Wildman–Crippen LogP) is 3.22. The summed E-state index contributed by atoms with van der Waals surface area (Å²) >= 11 is 0. The maximum Gasteiger partial charge on any atom is 0.0806 e. The predicted molar refractivity (Wildman–Crippen MR) is 67.2 cm³/mol. The molecule has 0 bridgehead atoms. The molecule has 0 radical (unpaired) electrons. The van der Waals surface area contributed by atoms with Crippen LogP contribution in [0, 0.1) is 5.92 Å². The van der Waals surface area contributed by atoms with E-state index in [1.807, 2.05) is 7.05 Å². The fraction of sp³-hybridized carbons (Fsp3) is 1.00. The average Bonchev–Trinajstić information content (AvgIpc) is 2.19. The number of hydrogen-bond donors (Lipinski definition) is 1. The van der Waals surface area contributed by atoms with Gasteiger partial charge in [-0.1, -0.05) is 27.2 Å². The highest BCUT2D eigenvalue weighted by molar-refractivity contribution is 4.91. The van der Waals surface area contributed by atoms with Gasteiger partial charge in [0.25, 0.3) is 0 Å². The highest BCUT2D eigenvalue weighted by Gasteiger charge is 2.35. The van der Waals surface area contributed by atoms with E-state index in [-0.39, 0.29) is 5.60 Å². The molecule has 3 unspecified atom stereocenters. The van der Waals surface area contributed by atoms with Crippen LogP contribution in [0.15, 0.2) is 0 Å². The van der Waals surface area contributed by atoms with Crippen LogP contribution in [0.5, 0.6) is 0 Å². The zero-order chi connectivity index (χ0) is 11.9. The summed E-state index contributed by atoms with van der Waals surface area (Å²) in [5, 5.41) is 3.44. The minimum absolute atomic E-state index is 0.0297. The topological polar surface area (TPSA) is 21.3 Å². The van der Waals surface area contributed by atoms with Gasteiger partial charge in [-0.15, -0.1) is 0 Å². The van der Waals surface area contributed by atoms with Crippen LogP contribution in [0.2, 0.25) is 0 Å². The van der Waals surface area contributed by atoms with Crippen LogP contribution < -0.4 is 5.32 Å². The first-order chi connectivity index (χ1) is 7.05. The van der Waals surface area contributed by atoms with Crippen LogP contribution in [0.4, 0.5) is 0 Å². The number of hydrogen-bond acceptors (Lipinski definition) is 2. The number of likely N-dealkylation sites (N-methyl/N-ethyl adjacent to an activating group) is 1. The van der Waals surface area contributed by atoms with Gasteiger partial charge in [0.15, 0.2) is 0 Å². The van der Waals surface area contributed by atoms with Gasteiger partial charge in [-0.25, -0.2) is 0 Å². The minimum atomic E-state index is -0.0297. The van der Waals surface area contributed by atoms with Crippen molar-refractivity contribution < 1.29 is 4.74 Å². The maximum atomic E-state index is 5.94. The second-order valence-corrected chi connectivity index (χ2v) is 4.63. The largest absolute Gasteiger partial charge is 0.374 e. The van der Waals surface area contributed by atoms with Gasteiger partial charge in [-0.2, -0.15) is 0 Å². The molecule has 0 saturated carbocycles. The Morgan fingerprint density at radius 1 is 1.27 bits per heavy atom. The van der Waals surface area contributed by atoms with E-state index in [9.17, 15) is 0 Å². The van der Waals surface area contributed by atoms with Gasteiger partial charge in [0.1, 0.15) is 0 Å².